The average molecular weight is 454 g/mol. The minimum atomic E-state index is -0.480. The molecule has 9 heteroatoms. The van der Waals surface area contributed by atoms with Gasteiger partial charge in [-0.25, -0.2) is 4.39 Å². The van der Waals surface area contributed by atoms with Crippen molar-refractivity contribution in [2.75, 3.05) is 17.6 Å². The van der Waals surface area contributed by atoms with Gasteiger partial charge in [0.15, 0.2) is 11.0 Å². The monoisotopic (exact) mass is 453 g/mol. The third-order valence-electron chi connectivity index (χ3n) is 5.43. The molecule has 7 nitrogen and oxygen atoms in total. The van der Waals surface area contributed by atoms with Crippen molar-refractivity contribution >= 4 is 29.3 Å². The first-order valence-electron chi connectivity index (χ1n) is 10.4. The van der Waals surface area contributed by atoms with Gasteiger partial charge in [-0.15, -0.1) is 10.2 Å². The summed E-state index contributed by atoms with van der Waals surface area (Å²) < 4.78 is 15.5. The zero-order valence-electron chi connectivity index (χ0n) is 17.9. The molecule has 2 amide bonds. The molecule has 32 heavy (non-hydrogen) atoms. The number of rotatable bonds is 6. The summed E-state index contributed by atoms with van der Waals surface area (Å²) in [4.78, 5) is 27.2. The molecule has 2 aromatic carbocycles. The van der Waals surface area contributed by atoms with Gasteiger partial charge in [-0.2, -0.15) is 0 Å². The van der Waals surface area contributed by atoms with Gasteiger partial charge in [0.05, 0.1) is 17.5 Å². The van der Waals surface area contributed by atoms with Crippen LogP contribution in [0.3, 0.4) is 0 Å². The number of hydrogen-bond donors (Lipinski definition) is 1. The highest BCUT2D eigenvalue weighted by Crippen LogP contribution is 2.33. The standard InChI is InChI=1S/C23H24FN5O2S/c1-15-7-5-8-16(13-15)22(31)29-12-6-11-19(29)21-26-27-23(28(21)2)32-14-20(30)25-18-10-4-3-9-17(18)24/h3-5,7-10,13,19H,6,11-12,14H2,1-2H3,(H,25,30). The van der Waals surface area contributed by atoms with Crippen LogP contribution in [-0.2, 0) is 11.8 Å². The number of thioether (sulfide) groups is 1. The molecule has 2 heterocycles. The fraction of sp³-hybridized carbons (Fsp3) is 0.304. The minimum absolute atomic E-state index is 0.0160. The van der Waals surface area contributed by atoms with Crippen LogP contribution in [0.4, 0.5) is 10.1 Å². The van der Waals surface area contributed by atoms with Gasteiger partial charge >= 0.3 is 0 Å². The largest absolute Gasteiger partial charge is 0.328 e. The van der Waals surface area contributed by atoms with E-state index in [2.05, 4.69) is 15.5 Å². The second-order valence-electron chi connectivity index (χ2n) is 7.74. The number of benzene rings is 2. The highest BCUT2D eigenvalue weighted by atomic mass is 32.2. The zero-order chi connectivity index (χ0) is 22.7. The Bertz CT molecular complexity index is 1150. The lowest BCUT2D eigenvalue weighted by Crippen LogP contribution is -2.32. The van der Waals surface area contributed by atoms with Crippen LogP contribution in [-0.4, -0.2) is 43.8 Å². The molecule has 166 valence electrons. The van der Waals surface area contributed by atoms with Gasteiger partial charge in [0, 0.05) is 19.2 Å². The number of nitrogens with one attached hydrogen (secondary N) is 1. The maximum atomic E-state index is 13.7. The van der Waals surface area contributed by atoms with Gasteiger partial charge in [-0.1, -0.05) is 41.6 Å². The van der Waals surface area contributed by atoms with E-state index in [1.54, 1.807) is 12.1 Å². The average Bonchev–Trinajstić information content (AvgIpc) is 3.40. The van der Waals surface area contributed by atoms with Crippen molar-refractivity contribution in [2.24, 2.45) is 7.05 Å². The lowest BCUT2D eigenvalue weighted by molar-refractivity contribution is -0.113. The summed E-state index contributed by atoms with van der Waals surface area (Å²) >= 11 is 1.22. The second kappa shape index (κ2) is 9.52. The van der Waals surface area contributed by atoms with E-state index in [-0.39, 0.29) is 29.3 Å². The lowest BCUT2D eigenvalue weighted by atomic mass is 10.1. The van der Waals surface area contributed by atoms with Gasteiger partial charge < -0.3 is 14.8 Å². The van der Waals surface area contributed by atoms with Crippen LogP contribution in [0.1, 0.15) is 40.6 Å². The summed E-state index contributed by atoms with van der Waals surface area (Å²) in [5.41, 5.74) is 1.85. The molecule has 4 rings (SSSR count). The van der Waals surface area contributed by atoms with Crippen LogP contribution in [0.25, 0.3) is 0 Å². The minimum Gasteiger partial charge on any atom is -0.328 e. The number of para-hydroxylation sites is 1. The molecule has 1 unspecified atom stereocenters. The van der Waals surface area contributed by atoms with Crippen molar-refractivity contribution in [2.45, 2.75) is 31.0 Å². The van der Waals surface area contributed by atoms with Gasteiger partial charge in [0.25, 0.3) is 5.91 Å². The summed E-state index contributed by atoms with van der Waals surface area (Å²) in [7, 11) is 1.83. The highest BCUT2D eigenvalue weighted by molar-refractivity contribution is 7.99. The van der Waals surface area contributed by atoms with Crippen LogP contribution in [0, 0.1) is 12.7 Å². The molecule has 1 aliphatic heterocycles. The molecule has 1 aromatic heterocycles. The van der Waals surface area contributed by atoms with E-state index in [1.807, 2.05) is 47.7 Å². The van der Waals surface area contributed by atoms with Crippen molar-refractivity contribution in [1.29, 1.82) is 0 Å². The fourth-order valence-corrected chi connectivity index (χ4v) is 4.56. The fourth-order valence-electron chi connectivity index (χ4n) is 3.84. The Kier molecular flexibility index (Phi) is 6.55. The number of aromatic nitrogens is 3. The van der Waals surface area contributed by atoms with Gasteiger partial charge in [0.1, 0.15) is 5.82 Å². The normalized spacial score (nSPS) is 15.7. The van der Waals surface area contributed by atoms with Gasteiger partial charge in [-0.3, -0.25) is 9.59 Å². The first-order valence-corrected chi connectivity index (χ1v) is 11.4. The van der Waals surface area contributed by atoms with E-state index in [4.69, 9.17) is 0 Å². The molecule has 1 fully saturated rings. The summed E-state index contributed by atoms with van der Waals surface area (Å²) in [6, 6.07) is 13.4. The molecule has 1 saturated heterocycles. The van der Waals surface area contributed by atoms with Crippen molar-refractivity contribution in [3.05, 3.63) is 71.3 Å². The third kappa shape index (κ3) is 4.67. The van der Waals surface area contributed by atoms with E-state index in [0.717, 1.165) is 18.4 Å². The number of halogens is 1. The predicted octanol–water partition coefficient (Wildman–Crippen LogP) is 3.97. The number of anilines is 1. The summed E-state index contributed by atoms with van der Waals surface area (Å²) in [6.07, 6.45) is 1.70. The Labute approximate surface area is 190 Å². The van der Waals surface area contributed by atoms with E-state index in [1.165, 1.54) is 23.9 Å². The molecule has 1 aliphatic rings. The van der Waals surface area contributed by atoms with Gasteiger partial charge in [0.2, 0.25) is 5.91 Å². The number of carbonyl (C=O) groups is 2. The Hall–Kier alpha value is -3.20. The molecule has 0 bridgehead atoms. The predicted molar refractivity (Wildman–Crippen MR) is 121 cm³/mol. The van der Waals surface area contributed by atoms with E-state index < -0.39 is 5.82 Å². The van der Waals surface area contributed by atoms with E-state index in [0.29, 0.717) is 23.1 Å². The second-order valence-corrected chi connectivity index (χ2v) is 8.69. The molecule has 0 aliphatic carbocycles. The van der Waals surface area contributed by atoms with Crippen molar-refractivity contribution in [3.8, 4) is 0 Å². The van der Waals surface area contributed by atoms with Crippen LogP contribution in [0.2, 0.25) is 0 Å². The van der Waals surface area contributed by atoms with Crippen LogP contribution in [0.15, 0.2) is 53.7 Å². The molecular weight excluding hydrogens is 429 g/mol. The molecule has 0 radical (unpaired) electrons. The van der Waals surface area contributed by atoms with Crippen molar-refractivity contribution in [3.63, 3.8) is 0 Å². The van der Waals surface area contributed by atoms with Crippen molar-refractivity contribution < 1.29 is 14.0 Å². The number of carbonyl (C=O) groups excluding carboxylic acids is 2. The Balaban J connectivity index is 1.43. The Morgan fingerprint density at radius 3 is 2.78 bits per heavy atom. The quantitative estimate of drug-likeness (QED) is 0.572. The van der Waals surface area contributed by atoms with Crippen LogP contribution < -0.4 is 5.32 Å². The lowest BCUT2D eigenvalue weighted by Gasteiger charge is -2.24. The number of hydrogen-bond acceptors (Lipinski definition) is 5. The maximum Gasteiger partial charge on any atom is 0.254 e. The smallest absolute Gasteiger partial charge is 0.254 e. The molecule has 0 saturated carbocycles. The number of likely N-dealkylation sites (tertiary alicyclic amines) is 1. The molecule has 3 aromatic rings. The zero-order valence-corrected chi connectivity index (χ0v) is 18.7. The van der Waals surface area contributed by atoms with Crippen LogP contribution in [0.5, 0.6) is 0 Å². The van der Waals surface area contributed by atoms with E-state index >= 15 is 0 Å². The molecule has 0 spiro atoms. The van der Waals surface area contributed by atoms with Gasteiger partial charge in [-0.05, 0) is 44.0 Å². The first-order chi connectivity index (χ1) is 15.4. The number of amides is 2. The molecule has 1 N–H and O–H groups in total. The summed E-state index contributed by atoms with van der Waals surface area (Å²) in [5, 5.41) is 11.7. The Morgan fingerprint density at radius 2 is 2.00 bits per heavy atom. The number of nitrogens with zero attached hydrogens (tertiary/aromatic N) is 4. The first kappa shape index (κ1) is 22.0. The Morgan fingerprint density at radius 1 is 1.19 bits per heavy atom. The maximum absolute atomic E-state index is 13.7. The van der Waals surface area contributed by atoms with Crippen molar-refractivity contribution in [1.82, 2.24) is 19.7 Å². The summed E-state index contributed by atoms with van der Waals surface area (Å²) in [6.45, 7) is 2.63. The molecule has 1 atom stereocenters. The number of aryl methyl sites for hydroxylation is 1. The highest BCUT2D eigenvalue weighted by Gasteiger charge is 2.34. The third-order valence-corrected chi connectivity index (χ3v) is 6.45. The molecular formula is C23H24FN5O2S. The van der Waals surface area contributed by atoms with E-state index in [9.17, 15) is 14.0 Å². The summed E-state index contributed by atoms with van der Waals surface area (Å²) in [5.74, 6) is -0.0666. The topological polar surface area (TPSA) is 80.1 Å². The van der Waals surface area contributed by atoms with Crippen LogP contribution >= 0.6 is 11.8 Å². The SMILES string of the molecule is Cc1cccc(C(=O)N2CCCC2c2nnc(SCC(=O)Nc3ccccc3F)n2C)c1.